The number of hydrogen-bond donors (Lipinski definition) is 1. The van der Waals surface area contributed by atoms with Crippen LogP contribution in [-0.4, -0.2) is 30.1 Å². The third-order valence-electron chi connectivity index (χ3n) is 3.55. The van der Waals surface area contributed by atoms with Crippen molar-refractivity contribution in [3.63, 3.8) is 0 Å². The van der Waals surface area contributed by atoms with Crippen LogP contribution in [0.5, 0.6) is 0 Å². The predicted octanol–water partition coefficient (Wildman–Crippen LogP) is 2.16. The minimum atomic E-state index is -0.175. The monoisotopic (exact) mass is 266 g/mol. The van der Waals surface area contributed by atoms with E-state index in [0.717, 1.165) is 13.0 Å². The second-order valence-electron chi connectivity index (χ2n) is 6.17. The van der Waals surface area contributed by atoms with E-state index < -0.39 is 0 Å². The Morgan fingerprint density at radius 3 is 2.84 bits per heavy atom. The Morgan fingerprint density at radius 1 is 1.53 bits per heavy atom. The fraction of sp³-hybridized carbons (Fsp3) is 0.714. The third-order valence-corrected chi connectivity index (χ3v) is 3.55. The van der Waals surface area contributed by atoms with Gasteiger partial charge in [-0.2, -0.15) is 0 Å². The van der Waals surface area contributed by atoms with Crippen molar-refractivity contribution in [2.24, 2.45) is 11.3 Å². The van der Waals surface area contributed by atoms with E-state index >= 15 is 0 Å². The molecule has 0 aromatic carbocycles. The van der Waals surface area contributed by atoms with Gasteiger partial charge in [0.15, 0.2) is 12.1 Å². The van der Waals surface area contributed by atoms with Gasteiger partial charge in [0.2, 0.25) is 0 Å². The van der Waals surface area contributed by atoms with E-state index in [1.54, 1.807) is 6.92 Å². The summed E-state index contributed by atoms with van der Waals surface area (Å²) in [7, 11) is 0. The number of rotatable bonds is 3. The molecule has 0 bridgehead atoms. The smallest absolute Gasteiger partial charge is 0.273 e. The number of nitrogens with one attached hydrogen (secondary N) is 1. The van der Waals surface area contributed by atoms with Crippen molar-refractivity contribution < 1.29 is 13.9 Å². The first-order valence-corrected chi connectivity index (χ1v) is 6.69. The number of ether oxygens (including phenoxy) is 1. The van der Waals surface area contributed by atoms with Crippen molar-refractivity contribution in [2.45, 2.75) is 40.2 Å². The summed E-state index contributed by atoms with van der Waals surface area (Å²) in [5, 5.41) is 2.93. The number of nitrogens with zero attached hydrogens (tertiary/aromatic N) is 1. The highest BCUT2D eigenvalue weighted by Crippen LogP contribution is 2.34. The zero-order valence-electron chi connectivity index (χ0n) is 12.0. The van der Waals surface area contributed by atoms with Gasteiger partial charge >= 0.3 is 0 Å². The van der Waals surface area contributed by atoms with Crippen LogP contribution >= 0.6 is 0 Å². The van der Waals surface area contributed by atoms with Gasteiger partial charge in [-0.15, -0.1) is 0 Å². The molecule has 0 radical (unpaired) electrons. The van der Waals surface area contributed by atoms with E-state index in [0.29, 0.717) is 23.9 Å². The summed E-state index contributed by atoms with van der Waals surface area (Å²) in [5.41, 5.74) is 0.460. The molecule has 1 aliphatic heterocycles. The van der Waals surface area contributed by atoms with E-state index in [1.807, 2.05) is 0 Å². The Balaban J connectivity index is 1.92. The van der Waals surface area contributed by atoms with Crippen molar-refractivity contribution in [2.75, 3.05) is 13.2 Å². The highest BCUT2D eigenvalue weighted by Gasteiger charge is 2.37. The molecule has 1 aromatic rings. The van der Waals surface area contributed by atoms with E-state index in [4.69, 9.17) is 9.15 Å². The Bertz CT molecular complexity index is 448. The van der Waals surface area contributed by atoms with Gasteiger partial charge < -0.3 is 14.5 Å². The van der Waals surface area contributed by atoms with Crippen LogP contribution in [0.3, 0.4) is 0 Å². The molecular formula is C14H22N2O3. The quantitative estimate of drug-likeness (QED) is 0.910. The van der Waals surface area contributed by atoms with Crippen LogP contribution in [0.1, 0.15) is 43.4 Å². The van der Waals surface area contributed by atoms with E-state index in [2.05, 4.69) is 31.1 Å². The first-order chi connectivity index (χ1) is 8.89. The van der Waals surface area contributed by atoms with Gasteiger partial charge in [0, 0.05) is 19.1 Å². The van der Waals surface area contributed by atoms with Crippen molar-refractivity contribution in [3.05, 3.63) is 17.8 Å². The number of aromatic nitrogens is 1. The minimum Gasteiger partial charge on any atom is -0.448 e. The number of amides is 1. The van der Waals surface area contributed by atoms with Crippen molar-refractivity contribution in [1.82, 2.24) is 10.3 Å². The maximum atomic E-state index is 12.0. The second kappa shape index (κ2) is 5.33. The molecule has 5 heteroatoms. The molecule has 2 heterocycles. The van der Waals surface area contributed by atoms with Crippen LogP contribution in [-0.2, 0) is 4.74 Å². The lowest BCUT2D eigenvalue weighted by atomic mass is 9.81. The summed E-state index contributed by atoms with van der Waals surface area (Å²) < 4.78 is 10.8. The highest BCUT2D eigenvalue weighted by molar-refractivity contribution is 5.93. The Kier molecular flexibility index (Phi) is 3.94. The standard InChI is InChI=1S/C14H22N2O3/c1-9-11(16-8-19-9)13(17)15-7-10-5-6-18-12(10)14(2,3)4/h8,10,12H,5-7H2,1-4H3,(H,15,17)/t10-,12+/m1/s1. The van der Waals surface area contributed by atoms with Crippen molar-refractivity contribution in [1.29, 1.82) is 0 Å². The van der Waals surface area contributed by atoms with Gasteiger partial charge in [-0.3, -0.25) is 4.79 Å². The number of aryl methyl sites for hydroxylation is 1. The Labute approximate surface area is 113 Å². The second-order valence-corrected chi connectivity index (χ2v) is 6.17. The number of hydrogen-bond acceptors (Lipinski definition) is 4. The Hall–Kier alpha value is -1.36. The zero-order chi connectivity index (χ0) is 14.0. The van der Waals surface area contributed by atoms with Crippen molar-refractivity contribution >= 4 is 5.91 Å². The molecule has 1 N–H and O–H groups in total. The average Bonchev–Trinajstić information content (AvgIpc) is 2.93. The summed E-state index contributed by atoms with van der Waals surface area (Å²) in [6.45, 7) is 9.62. The molecule has 0 unspecified atom stereocenters. The van der Waals surface area contributed by atoms with Gasteiger partial charge in [-0.1, -0.05) is 20.8 Å². The molecule has 1 fully saturated rings. The molecule has 0 saturated carbocycles. The predicted molar refractivity (Wildman–Crippen MR) is 70.9 cm³/mol. The normalized spacial score (nSPS) is 23.6. The lowest BCUT2D eigenvalue weighted by molar-refractivity contribution is 0.00736. The molecular weight excluding hydrogens is 244 g/mol. The van der Waals surface area contributed by atoms with Crippen LogP contribution in [0.4, 0.5) is 0 Å². The Morgan fingerprint density at radius 2 is 2.26 bits per heavy atom. The number of carbonyl (C=O) groups excluding carboxylic acids is 1. The highest BCUT2D eigenvalue weighted by atomic mass is 16.5. The molecule has 1 saturated heterocycles. The molecule has 1 aliphatic rings. The zero-order valence-corrected chi connectivity index (χ0v) is 12.0. The first-order valence-electron chi connectivity index (χ1n) is 6.69. The molecule has 106 valence electrons. The molecule has 1 aromatic heterocycles. The first kappa shape index (κ1) is 14.1. The molecule has 2 atom stereocenters. The van der Waals surface area contributed by atoms with E-state index in [9.17, 15) is 4.79 Å². The fourth-order valence-electron chi connectivity index (χ4n) is 2.63. The summed E-state index contributed by atoms with van der Waals surface area (Å²) in [6.07, 6.45) is 2.46. The van der Waals surface area contributed by atoms with E-state index in [-0.39, 0.29) is 17.4 Å². The summed E-state index contributed by atoms with van der Waals surface area (Å²) in [4.78, 5) is 15.9. The van der Waals surface area contributed by atoms with Gasteiger partial charge in [0.25, 0.3) is 5.91 Å². The third kappa shape index (κ3) is 3.15. The lowest BCUT2D eigenvalue weighted by Crippen LogP contribution is -2.38. The summed E-state index contributed by atoms with van der Waals surface area (Å²) in [6, 6.07) is 0. The molecule has 2 rings (SSSR count). The topological polar surface area (TPSA) is 64.4 Å². The largest absolute Gasteiger partial charge is 0.448 e. The van der Waals surface area contributed by atoms with Gasteiger partial charge in [-0.25, -0.2) is 4.98 Å². The molecule has 5 nitrogen and oxygen atoms in total. The molecule has 19 heavy (non-hydrogen) atoms. The SMILES string of the molecule is Cc1ocnc1C(=O)NC[C@H]1CCO[C@@H]1C(C)(C)C. The number of carbonyl (C=O) groups is 1. The lowest BCUT2D eigenvalue weighted by Gasteiger charge is -2.31. The fourth-order valence-corrected chi connectivity index (χ4v) is 2.63. The van der Waals surface area contributed by atoms with Crippen molar-refractivity contribution in [3.8, 4) is 0 Å². The average molecular weight is 266 g/mol. The minimum absolute atomic E-state index is 0.0930. The van der Waals surface area contributed by atoms with Gasteiger partial charge in [0.05, 0.1) is 6.10 Å². The van der Waals surface area contributed by atoms with Crippen LogP contribution in [0.2, 0.25) is 0 Å². The van der Waals surface area contributed by atoms with Crippen LogP contribution in [0, 0.1) is 18.3 Å². The molecule has 0 aliphatic carbocycles. The van der Waals surface area contributed by atoms with E-state index in [1.165, 1.54) is 6.39 Å². The number of oxazole rings is 1. The maximum absolute atomic E-state index is 12.0. The van der Waals surface area contributed by atoms with Crippen LogP contribution in [0.15, 0.2) is 10.8 Å². The van der Waals surface area contributed by atoms with Gasteiger partial charge in [0.1, 0.15) is 5.76 Å². The molecule has 1 amide bonds. The summed E-state index contributed by atoms with van der Waals surface area (Å²) >= 11 is 0. The van der Waals surface area contributed by atoms with Crippen LogP contribution in [0.25, 0.3) is 0 Å². The van der Waals surface area contributed by atoms with Gasteiger partial charge in [-0.05, 0) is 18.8 Å². The molecule has 0 spiro atoms. The maximum Gasteiger partial charge on any atom is 0.273 e. The summed E-state index contributed by atoms with van der Waals surface area (Å²) in [5.74, 6) is 0.731. The van der Waals surface area contributed by atoms with Crippen LogP contribution < -0.4 is 5.32 Å².